The Morgan fingerprint density at radius 3 is 2.59 bits per heavy atom. The first-order valence-electron chi connectivity index (χ1n) is 10.2. The number of hydrogen-bond donors (Lipinski definition) is 1. The van der Waals surface area contributed by atoms with Crippen LogP contribution in [0.3, 0.4) is 0 Å². The highest BCUT2D eigenvalue weighted by Gasteiger charge is 2.25. The predicted octanol–water partition coefficient (Wildman–Crippen LogP) is 4.58. The number of pyridine rings is 1. The van der Waals surface area contributed by atoms with Gasteiger partial charge in [-0.3, -0.25) is 9.78 Å². The van der Waals surface area contributed by atoms with Crippen LogP contribution in [0.5, 0.6) is 17.2 Å². The molecular weight excluding hydrogens is 406 g/mol. The van der Waals surface area contributed by atoms with Crippen LogP contribution in [-0.4, -0.2) is 24.1 Å². The van der Waals surface area contributed by atoms with Gasteiger partial charge in [0.15, 0.2) is 17.6 Å². The average molecular weight is 431 g/mol. The smallest absolute Gasteiger partial charge is 0.265 e. The van der Waals surface area contributed by atoms with Crippen molar-refractivity contribution in [2.75, 3.05) is 12.4 Å². The van der Waals surface area contributed by atoms with Crippen molar-refractivity contribution in [3.05, 3.63) is 78.1 Å². The lowest BCUT2D eigenvalue weighted by Crippen LogP contribution is -2.37. The molecule has 0 bridgehead atoms. The summed E-state index contributed by atoms with van der Waals surface area (Å²) in [4.78, 5) is 17.1. The summed E-state index contributed by atoms with van der Waals surface area (Å²) in [5.74, 6) is 0.967. The first-order chi connectivity index (χ1) is 15.5. The predicted molar refractivity (Wildman–Crippen MR) is 121 cm³/mol. The summed E-state index contributed by atoms with van der Waals surface area (Å²) in [6.07, 6.45) is 2.64. The van der Waals surface area contributed by atoms with Crippen molar-refractivity contribution in [1.82, 2.24) is 4.98 Å². The maximum Gasteiger partial charge on any atom is 0.265 e. The number of nitrogens with zero attached hydrogens (tertiary/aromatic N) is 2. The van der Waals surface area contributed by atoms with Crippen molar-refractivity contribution in [3.63, 3.8) is 0 Å². The fourth-order valence-electron chi connectivity index (χ4n) is 3.02. The third-order valence-electron chi connectivity index (χ3n) is 4.67. The number of ether oxygens (including phenoxy) is 3. The normalized spacial score (nSPS) is 11.3. The van der Waals surface area contributed by atoms with Crippen LogP contribution in [0.4, 0.5) is 5.69 Å². The van der Waals surface area contributed by atoms with Crippen LogP contribution in [0.2, 0.25) is 0 Å². The molecule has 0 saturated heterocycles. The lowest BCUT2D eigenvalue weighted by Gasteiger charge is -2.22. The zero-order valence-electron chi connectivity index (χ0n) is 18.2. The summed E-state index contributed by atoms with van der Waals surface area (Å²) in [5, 5.41) is 12.2. The Balaban J connectivity index is 1.75. The molecule has 0 fully saturated rings. The summed E-state index contributed by atoms with van der Waals surface area (Å²) in [6.45, 7) is 4.08. The number of nitriles is 1. The van der Waals surface area contributed by atoms with E-state index in [1.165, 1.54) is 0 Å². The number of para-hydroxylation sites is 1. The van der Waals surface area contributed by atoms with Crippen LogP contribution >= 0.6 is 0 Å². The average Bonchev–Trinajstić information content (AvgIpc) is 2.82. The molecule has 1 aromatic heterocycles. The number of anilines is 1. The second kappa shape index (κ2) is 10.8. The van der Waals surface area contributed by atoms with Gasteiger partial charge in [-0.1, -0.05) is 32.0 Å². The molecule has 164 valence electrons. The van der Waals surface area contributed by atoms with Gasteiger partial charge in [-0.15, -0.1) is 0 Å². The van der Waals surface area contributed by atoms with Crippen molar-refractivity contribution >= 4 is 11.6 Å². The minimum absolute atomic E-state index is 0.124. The van der Waals surface area contributed by atoms with E-state index in [-0.39, 0.29) is 11.8 Å². The number of nitrogens with one attached hydrogen (secondary N) is 1. The van der Waals surface area contributed by atoms with Gasteiger partial charge in [-0.05, 0) is 36.2 Å². The molecule has 32 heavy (non-hydrogen) atoms. The number of hydrogen-bond acceptors (Lipinski definition) is 6. The SMILES string of the molecule is COc1ccc(NC(=O)C(Oc2ccccc2C#N)C(C)C)cc1OCc1cccnc1. The maximum absolute atomic E-state index is 13.0. The molecule has 0 aliphatic rings. The monoisotopic (exact) mass is 431 g/mol. The molecule has 2 aromatic carbocycles. The quantitative estimate of drug-likeness (QED) is 0.533. The molecule has 1 amide bonds. The van der Waals surface area contributed by atoms with Gasteiger partial charge in [0.25, 0.3) is 5.91 Å². The van der Waals surface area contributed by atoms with Crippen LogP contribution < -0.4 is 19.5 Å². The largest absolute Gasteiger partial charge is 0.493 e. The molecule has 0 aliphatic heterocycles. The fraction of sp³-hybridized carbons (Fsp3) is 0.240. The molecular formula is C25H25N3O4. The number of carbonyl (C=O) groups is 1. The highest BCUT2D eigenvalue weighted by atomic mass is 16.5. The molecule has 7 heteroatoms. The number of amides is 1. The molecule has 3 rings (SSSR count). The van der Waals surface area contributed by atoms with Crippen molar-refractivity contribution < 1.29 is 19.0 Å². The Bertz CT molecular complexity index is 1090. The maximum atomic E-state index is 13.0. The molecule has 3 aromatic rings. The zero-order valence-corrected chi connectivity index (χ0v) is 18.2. The number of methoxy groups -OCH3 is 1. The van der Waals surface area contributed by atoms with E-state index in [1.807, 2.05) is 26.0 Å². The molecule has 1 unspecified atom stereocenters. The highest BCUT2D eigenvalue weighted by Crippen LogP contribution is 2.31. The molecule has 1 heterocycles. The molecule has 7 nitrogen and oxygen atoms in total. The van der Waals surface area contributed by atoms with Crippen molar-refractivity contribution in [2.24, 2.45) is 5.92 Å². The van der Waals surface area contributed by atoms with E-state index >= 15 is 0 Å². The summed E-state index contributed by atoms with van der Waals surface area (Å²) in [7, 11) is 1.56. The third kappa shape index (κ3) is 5.76. The van der Waals surface area contributed by atoms with Crippen LogP contribution in [0.1, 0.15) is 25.0 Å². The molecule has 0 saturated carbocycles. The zero-order chi connectivity index (χ0) is 22.9. The van der Waals surface area contributed by atoms with E-state index in [0.29, 0.717) is 35.1 Å². The highest BCUT2D eigenvalue weighted by molar-refractivity contribution is 5.95. The van der Waals surface area contributed by atoms with Crippen molar-refractivity contribution in [3.8, 4) is 23.3 Å². The van der Waals surface area contributed by atoms with Gasteiger partial charge in [0.05, 0.1) is 12.7 Å². The number of aromatic nitrogens is 1. The summed E-state index contributed by atoms with van der Waals surface area (Å²) in [5.41, 5.74) is 1.83. The van der Waals surface area contributed by atoms with E-state index in [1.54, 1.807) is 62.0 Å². The summed E-state index contributed by atoms with van der Waals surface area (Å²) >= 11 is 0. The van der Waals surface area contributed by atoms with Gasteiger partial charge in [-0.25, -0.2) is 0 Å². The van der Waals surface area contributed by atoms with E-state index < -0.39 is 6.10 Å². The second-order valence-electron chi connectivity index (χ2n) is 7.40. The van der Waals surface area contributed by atoms with Crippen LogP contribution in [-0.2, 0) is 11.4 Å². The first kappa shape index (κ1) is 22.6. The van der Waals surface area contributed by atoms with Crippen molar-refractivity contribution in [2.45, 2.75) is 26.6 Å². The lowest BCUT2D eigenvalue weighted by atomic mass is 10.1. The Morgan fingerprint density at radius 2 is 1.91 bits per heavy atom. The van der Waals surface area contributed by atoms with Gasteiger partial charge < -0.3 is 19.5 Å². The van der Waals surface area contributed by atoms with Gasteiger partial charge in [0.1, 0.15) is 18.4 Å². The van der Waals surface area contributed by atoms with Crippen LogP contribution in [0.15, 0.2) is 67.0 Å². The van der Waals surface area contributed by atoms with Crippen LogP contribution in [0, 0.1) is 17.2 Å². The van der Waals surface area contributed by atoms with Gasteiger partial charge in [0, 0.05) is 29.7 Å². The Labute approximate surface area is 187 Å². The van der Waals surface area contributed by atoms with Gasteiger partial charge in [0.2, 0.25) is 0 Å². The van der Waals surface area contributed by atoms with E-state index in [9.17, 15) is 10.1 Å². The Kier molecular flexibility index (Phi) is 7.65. The number of carbonyl (C=O) groups excluding carboxylic acids is 1. The molecule has 0 aliphatic carbocycles. The summed E-state index contributed by atoms with van der Waals surface area (Å²) < 4.78 is 17.2. The molecule has 0 spiro atoms. The number of benzene rings is 2. The molecule has 1 N–H and O–H groups in total. The van der Waals surface area contributed by atoms with Crippen molar-refractivity contribution in [1.29, 1.82) is 5.26 Å². The molecule has 0 radical (unpaired) electrons. The van der Waals surface area contributed by atoms with Gasteiger partial charge in [-0.2, -0.15) is 5.26 Å². The first-order valence-corrected chi connectivity index (χ1v) is 10.2. The van der Waals surface area contributed by atoms with E-state index in [2.05, 4.69) is 16.4 Å². The van der Waals surface area contributed by atoms with Crippen LogP contribution in [0.25, 0.3) is 0 Å². The third-order valence-corrected chi connectivity index (χ3v) is 4.67. The topological polar surface area (TPSA) is 93.5 Å². The fourth-order valence-corrected chi connectivity index (χ4v) is 3.02. The Hall–Kier alpha value is -4.05. The minimum Gasteiger partial charge on any atom is -0.493 e. The minimum atomic E-state index is -0.786. The van der Waals surface area contributed by atoms with E-state index in [4.69, 9.17) is 14.2 Å². The number of rotatable bonds is 9. The Morgan fingerprint density at radius 1 is 1.09 bits per heavy atom. The second-order valence-corrected chi connectivity index (χ2v) is 7.40. The molecule has 1 atom stereocenters. The standard InChI is InChI=1S/C25H25N3O4/c1-17(2)24(32-21-9-5-4-8-19(21)14-26)25(29)28-20-10-11-22(30-3)23(13-20)31-16-18-7-6-12-27-15-18/h4-13,15,17,24H,16H2,1-3H3,(H,28,29). The van der Waals surface area contributed by atoms with E-state index in [0.717, 1.165) is 5.56 Å². The summed E-state index contributed by atoms with van der Waals surface area (Å²) in [6, 6.07) is 17.8. The lowest BCUT2D eigenvalue weighted by molar-refractivity contribution is -0.124. The van der Waals surface area contributed by atoms with Gasteiger partial charge >= 0.3 is 0 Å².